The molecule has 0 spiro atoms. The highest BCUT2D eigenvalue weighted by Crippen LogP contribution is 2.20. The van der Waals surface area contributed by atoms with Gasteiger partial charge in [0.15, 0.2) is 5.58 Å². The van der Waals surface area contributed by atoms with Gasteiger partial charge in [-0.2, -0.15) is 4.98 Å². The van der Waals surface area contributed by atoms with E-state index in [0.717, 1.165) is 32.4 Å². The first kappa shape index (κ1) is 14.3. The molecular weight excluding hydrogens is 260 g/mol. The Morgan fingerprint density at radius 2 is 2.25 bits per heavy atom. The molecule has 6 heteroatoms. The van der Waals surface area contributed by atoms with Gasteiger partial charge >= 0.3 is 5.97 Å². The summed E-state index contributed by atoms with van der Waals surface area (Å²) in [5, 5.41) is 12.0. The van der Waals surface area contributed by atoms with E-state index in [1.165, 1.54) is 12.1 Å². The Labute approximate surface area is 116 Å². The average molecular weight is 278 g/mol. The molecule has 20 heavy (non-hydrogen) atoms. The number of hydrogen-bond acceptors (Lipinski definition) is 5. The molecule has 0 amide bonds. The van der Waals surface area contributed by atoms with Crippen molar-refractivity contribution in [3.05, 3.63) is 23.8 Å². The summed E-state index contributed by atoms with van der Waals surface area (Å²) in [6, 6.07) is 5.07. The number of aromatic nitrogens is 1. The number of ether oxygens (including phenoxy) is 1. The monoisotopic (exact) mass is 278 g/mol. The number of nitrogens with zero attached hydrogens (tertiary/aromatic N) is 1. The van der Waals surface area contributed by atoms with Crippen LogP contribution in [0.2, 0.25) is 0 Å². The van der Waals surface area contributed by atoms with Crippen molar-refractivity contribution in [2.75, 3.05) is 25.6 Å². The fourth-order valence-corrected chi connectivity index (χ4v) is 1.88. The predicted octanol–water partition coefficient (Wildman–Crippen LogP) is 2.75. The number of oxazole rings is 1. The van der Waals surface area contributed by atoms with Crippen LogP contribution < -0.4 is 5.32 Å². The number of nitrogens with one attached hydrogen (secondary N) is 1. The smallest absolute Gasteiger partial charge is 0.335 e. The Morgan fingerprint density at radius 1 is 1.40 bits per heavy atom. The number of carbonyl (C=O) groups is 1. The van der Waals surface area contributed by atoms with Crippen molar-refractivity contribution >= 4 is 23.1 Å². The van der Waals surface area contributed by atoms with Gasteiger partial charge in [-0.15, -0.1) is 0 Å². The third-order valence-electron chi connectivity index (χ3n) is 2.94. The van der Waals surface area contributed by atoms with Crippen LogP contribution in [0, 0.1) is 0 Å². The van der Waals surface area contributed by atoms with E-state index in [1.54, 1.807) is 13.2 Å². The number of rotatable bonds is 8. The third-order valence-corrected chi connectivity index (χ3v) is 2.94. The highest BCUT2D eigenvalue weighted by molar-refractivity contribution is 5.92. The zero-order valence-electron chi connectivity index (χ0n) is 11.4. The van der Waals surface area contributed by atoms with E-state index in [4.69, 9.17) is 14.3 Å². The van der Waals surface area contributed by atoms with Crippen molar-refractivity contribution in [3.8, 4) is 0 Å². The Hall–Kier alpha value is -2.08. The van der Waals surface area contributed by atoms with Gasteiger partial charge in [-0.05, 0) is 37.5 Å². The minimum atomic E-state index is -0.976. The molecule has 0 atom stereocenters. The van der Waals surface area contributed by atoms with Crippen LogP contribution in [-0.2, 0) is 4.74 Å². The molecule has 1 aromatic heterocycles. The molecule has 0 aliphatic heterocycles. The van der Waals surface area contributed by atoms with Crippen molar-refractivity contribution in [2.24, 2.45) is 0 Å². The fraction of sp³-hybridized carbons (Fsp3) is 0.429. The molecule has 0 unspecified atom stereocenters. The molecule has 0 aliphatic carbocycles. The predicted molar refractivity (Wildman–Crippen MR) is 75.2 cm³/mol. The molecule has 1 aromatic carbocycles. The maximum absolute atomic E-state index is 10.9. The maximum Gasteiger partial charge on any atom is 0.335 e. The lowest BCUT2D eigenvalue weighted by Crippen LogP contribution is -2.02. The molecule has 0 fully saturated rings. The first-order valence-electron chi connectivity index (χ1n) is 6.57. The minimum absolute atomic E-state index is 0.194. The summed E-state index contributed by atoms with van der Waals surface area (Å²) in [5.41, 5.74) is 1.32. The second kappa shape index (κ2) is 6.91. The summed E-state index contributed by atoms with van der Waals surface area (Å²) >= 11 is 0. The third kappa shape index (κ3) is 3.71. The summed E-state index contributed by atoms with van der Waals surface area (Å²) in [6.45, 7) is 1.54. The number of anilines is 1. The van der Waals surface area contributed by atoms with Gasteiger partial charge in [0.05, 0.1) is 5.56 Å². The molecule has 108 valence electrons. The topological polar surface area (TPSA) is 84.6 Å². The van der Waals surface area contributed by atoms with Crippen LogP contribution in [0.5, 0.6) is 0 Å². The van der Waals surface area contributed by atoms with Crippen molar-refractivity contribution in [1.29, 1.82) is 0 Å². The zero-order valence-corrected chi connectivity index (χ0v) is 11.4. The largest absolute Gasteiger partial charge is 0.478 e. The molecule has 6 nitrogen and oxygen atoms in total. The average Bonchev–Trinajstić information content (AvgIpc) is 2.84. The summed E-state index contributed by atoms with van der Waals surface area (Å²) in [4.78, 5) is 15.1. The van der Waals surface area contributed by atoms with E-state index >= 15 is 0 Å². The standard InChI is InChI=1S/C14H18N2O4/c1-19-8-4-2-3-7-15-14-16-11-6-5-10(13(17)18)9-12(11)20-14/h5-6,9H,2-4,7-8H2,1H3,(H,15,16)(H,17,18). The van der Waals surface area contributed by atoms with Gasteiger partial charge in [0.25, 0.3) is 6.01 Å². The second-order valence-electron chi connectivity index (χ2n) is 4.49. The van der Waals surface area contributed by atoms with E-state index in [0.29, 0.717) is 17.1 Å². The number of aromatic carboxylic acids is 1. The Balaban J connectivity index is 1.89. The van der Waals surface area contributed by atoms with Crippen molar-refractivity contribution < 1.29 is 19.1 Å². The van der Waals surface area contributed by atoms with Gasteiger partial charge < -0.3 is 19.6 Å². The van der Waals surface area contributed by atoms with Crippen LogP contribution in [0.3, 0.4) is 0 Å². The van der Waals surface area contributed by atoms with E-state index in [1.807, 2.05) is 0 Å². The van der Waals surface area contributed by atoms with Crippen LogP contribution in [0.1, 0.15) is 29.6 Å². The Morgan fingerprint density at radius 3 is 3.00 bits per heavy atom. The van der Waals surface area contributed by atoms with Gasteiger partial charge in [-0.1, -0.05) is 0 Å². The van der Waals surface area contributed by atoms with Crippen molar-refractivity contribution in [2.45, 2.75) is 19.3 Å². The molecule has 0 aliphatic rings. The van der Waals surface area contributed by atoms with Crippen LogP contribution in [0.4, 0.5) is 6.01 Å². The SMILES string of the molecule is COCCCCCNc1nc2ccc(C(=O)O)cc2o1. The lowest BCUT2D eigenvalue weighted by molar-refractivity contribution is 0.0697. The summed E-state index contributed by atoms with van der Waals surface area (Å²) in [5.74, 6) is -0.976. The summed E-state index contributed by atoms with van der Waals surface area (Å²) in [7, 11) is 1.70. The van der Waals surface area contributed by atoms with Gasteiger partial charge in [-0.3, -0.25) is 0 Å². The summed E-state index contributed by atoms with van der Waals surface area (Å²) in [6.07, 6.45) is 3.11. The fourth-order valence-electron chi connectivity index (χ4n) is 1.88. The molecule has 2 aromatic rings. The first-order valence-corrected chi connectivity index (χ1v) is 6.57. The number of hydrogen-bond donors (Lipinski definition) is 2. The normalized spacial score (nSPS) is 10.8. The number of unbranched alkanes of at least 4 members (excludes halogenated alkanes) is 2. The number of carboxylic acids is 1. The summed E-state index contributed by atoms with van der Waals surface area (Å²) < 4.78 is 10.5. The highest BCUT2D eigenvalue weighted by Gasteiger charge is 2.09. The Kier molecular flexibility index (Phi) is 4.95. The number of fused-ring (bicyclic) bond motifs is 1. The van der Waals surface area contributed by atoms with Crippen molar-refractivity contribution in [3.63, 3.8) is 0 Å². The zero-order chi connectivity index (χ0) is 14.4. The molecule has 0 saturated carbocycles. The van der Waals surface area contributed by atoms with Crippen LogP contribution in [-0.4, -0.2) is 36.3 Å². The molecule has 0 bridgehead atoms. The quantitative estimate of drug-likeness (QED) is 0.722. The van der Waals surface area contributed by atoms with Gasteiger partial charge in [0.2, 0.25) is 0 Å². The van der Waals surface area contributed by atoms with Crippen LogP contribution in [0.15, 0.2) is 22.6 Å². The van der Waals surface area contributed by atoms with E-state index in [9.17, 15) is 4.79 Å². The van der Waals surface area contributed by atoms with E-state index in [2.05, 4.69) is 10.3 Å². The van der Waals surface area contributed by atoms with E-state index in [-0.39, 0.29) is 5.56 Å². The number of benzene rings is 1. The van der Waals surface area contributed by atoms with Crippen LogP contribution >= 0.6 is 0 Å². The molecular formula is C14H18N2O4. The highest BCUT2D eigenvalue weighted by atomic mass is 16.5. The molecule has 2 rings (SSSR count). The second-order valence-corrected chi connectivity index (χ2v) is 4.49. The minimum Gasteiger partial charge on any atom is -0.478 e. The van der Waals surface area contributed by atoms with Gasteiger partial charge in [0, 0.05) is 20.3 Å². The van der Waals surface area contributed by atoms with Crippen molar-refractivity contribution in [1.82, 2.24) is 4.98 Å². The van der Waals surface area contributed by atoms with Crippen LogP contribution in [0.25, 0.3) is 11.1 Å². The maximum atomic E-state index is 10.9. The lowest BCUT2D eigenvalue weighted by atomic mass is 10.2. The van der Waals surface area contributed by atoms with E-state index < -0.39 is 5.97 Å². The first-order chi connectivity index (χ1) is 9.70. The molecule has 0 saturated heterocycles. The Bertz CT molecular complexity index is 580. The number of carboxylic acid groups (broad SMARTS) is 1. The number of methoxy groups -OCH3 is 1. The molecule has 2 N–H and O–H groups in total. The molecule has 0 radical (unpaired) electrons. The molecule has 1 heterocycles. The van der Waals surface area contributed by atoms with Gasteiger partial charge in [-0.25, -0.2) is 4.79 Å². The lowest BCUT2D eigenvalue weighted by Gasteiger charge is -2.01. The van der Waals surface area contributed by atoms with Gasteiger partial charge in [0.1, 0.15) is 5.52 Å².